The van der Waals surface area contributed by atoms with Crippen LogP contribution in [0.25, 0.3) is 0 Å². The van der Waals surface area contributed by atoms with Crippen molar-refractivity contribution in [1.29, 1.82) is 0 Å². The second kappa shape index (κ2) is 8.22. The van der Waals surface area contributed by atoms with E-state index in [2.05, 4.69) is 17.5 Å². The van der Waals surface area contributed by atoms with E-state index in [1.807, 2.05) is 0 Å². The summed E-state index contributed by atoms with van der Waals surface area (Å²) < 4.78 is 10.1. The number of carbonyl (C=O) groups is 2. The fraction of sp³-hybridized carbons (Fsp3) is 0.412. The highest BCUT2D eigenvalue weighted by Gasteiger charge is 2.14. The van der Waals surface area contributed by atoms with Crippen LogP contribution >= 0.6 is 0 Å². The Labute approximate surface area is 130 Å². The van der Waals surface area contributed by atoms with Crippen LogP contribution in [0.15, 0.2) is 36.4 Å². The van der Waals surface area contributed by atoms with Gasteiger partial charge in [-0.05, 0) is 37.8 Å². The fourth-order valence-corrected chi connectivity index (χ4v) is 2.32. The third kappa shape index (κ3) is 5.24. The first-order valence-electron chi connectivity index (χ1n) is 7.52. The van der Waals surface area contributed by atoms with Crippen molar-refractivity contribution < 1.29 is 19.1 Å². The van der Waals surface area contributed by atoms with Crippen molar-refractivity contribution >= 4 is 17.6 Å². The summed E-state index contributed by atoms with van der Waals surface area (Å²) in [6.45, 7) is 1.93. The molecule has 118 valence electrons. The van der Waals surface area contributed by atoms with Crippen LogP contribution in [0, 0.1) is 5.92 Å². The number of hydrogen-bond donors (Lipinski definition) is 1. The van der Waals surface area contributed by atoms with Crippen LogP contribution in [0.2, 0.25) is 0 Å². The molecule has 0 radical (unpaired) electrons. The van der Waals surface area contributed by atoms with Crippen molar-refractivity contribution in [3.05, 3.63) is 36.4 Å². The molecule has 0 aliphatic heterocycles. The lowest BCUT2D eigenvalue weighted by Crippen LogP contribution is -2.16. The third-order valence-corrected chi connectivity index (χ3v) is 3.34. The molecule has 0 fully saturated rings. The quantitative estimate of drug-likeness (QED) is 0.621. The first kappa shape index (κ1) is 16.1. The molecule has 1 amide bonds. The molecule has 1 aromatic rings. The number of allylic oxidation sites excluding steroid dienone is 2. The first-order valence-corrected chi connectivity index (χ1v) is 7.52. The van der Waals surface area contributed by atoms with Crippen LogP contribution in [0.4, 0.5) is 5.69 Å². The van der Waals surface area contributed by atoms with Gasteiger partial charge in [0.25, 0.3) is 0 Å². The normalized spacial score (nSPS) is 16.3. The van der Waals surface area contributed by atoms with Gasteiger partial charge < -0.3 is 14.8 Å². The lowest BCUT2D eigenvalue weighted by atomic mass is 10.1. The van der Waals surface area contributed by atoms with Crippen LogP contribution in [-0.2, 0) is 14.3 Å². The summed E-state index contributed by atoms with van der Waals surface area (Å²) >= 11 is 0. The van der Waals surface area contributed by atoms with Gasteiger partial charge in [-0.3, -0.25) is 4.79 Å². The second-order valence-electron chi connectivity index (χ2n) is 5.14. The minimum Gasteiger partial charge on any atom is -0.482 e. The zero-order valence-corrected chi connectivity index (χ0v) is 12.7. The van der Waals surface area contributed by atoms with Crippen molar-refractivity contribution in [2.24, 2.45) is 5.92 Å². The molecule has 5 nitrogen and oxygen atoms in total. The van der Waals surface area contributed by atoms with E-state index in [1.165, 1.54) is 0 Å². The highest BCUT2D eigenvalue weighted by Crippen LogP contribution is 2.22. The molecule has 1 atom stereocenters. The maximum atomic E-state index is 12.0. The molecule has 1 unspecified atom stereocenters. The smallest absolute Gasteiger partial charge is 0.344 e. The Morgan fingerprint density at radius 1 is 1.36 bits per heavy atom. The van der Waals surface area contributed by atoms with Crippen LogP contribution in [0.3, 0.4) is 0 Å². The lowest BCUT2D eigenvalue weighted by Gasteiger charge is -2.10. The number of amides is 1. The van der Waals surface area contributed by atoms with E-state index in [-0.39, 0.29) is 12.5 Å². The Kier molecular flexibility index (Phi) is 6.01. The van der Waals surface area contributed by atoms with Gasteiger partial charge in [-0.2, -0.15) is 0 Å². The Morgan fingerprint density at radius 3 is 2.95 bits per heavy atom. The van der Waals surface area contributed by atoms with Crippen molar-refractivity contribution in [2.45, 2.75) is 26.2 Å². The van der Waals surface area contributed by atoms with Crippen LogP contribution in [0.5, 0.6) is 5.75 Å². The molecule has 0 saturated carbocycles. The number of carbonyl (C=O) groups excluding carboxylic acids is 2. The van der Waals surface area contributed by atoms with Crippen molar-refractivity contribution in [2.75, 3.05) is 18.5 Å². The van der Waals surface area contributed by atoms with E-state index >= 15 is 0 Å². The second-order valence-corrected chi connectivity index (χ2v) is 5.14. The average molecular weight is 303 g/mol. The molecule has 0 aromatic heterocycles. The lowest BCUT2D eigenvalue weighted by molar-refractivity contribution is -0.145. The van der Waals surface area contributed by atoms with E-state index in [0.717, 1.165) is 12.8 Å². The summed E-state index contributed by atoms with van der Waals surface area (Å²) in [5.74, 6) is 0.430. The van der Waals surface area contributed by atoms with Gasteiger partial charge in [0.1, 0.15) is 5.75 Å². The van der Waals surface area contributed by atoms with E-state index < -0.39 is 5.97 Å². The summed E-state index contributed by atoms with van der Waals surface area (Å²) in [5, 5.41) is 2.85. The highest BCUT2D eigenvalue weighted by molar-refractivity contribution is 5.91. The molecule has 1 aromatic carbocycles. The fourth-order valence-electron chi connectivity index (χ4n) is 2.32. The number of ether oxygens (including phenoxy) is 2. The summed E-state index contributed by atoms with van der Waals surface area (Å²) in [6.07, 6.45) is 6.79. The van der Waals surface area contributed by atoms with Gasteiger partial charge in [0.05, 0.1) is 6.61 Å². The van der Waals surface area contributed by atoms with E-state index in [9.17, 15) is 9.59 Å². The predicted octanol–water partition coefficient (Wildman–Crippen LogP) is 2.92. The van der Waals surface area contributed by atoms with Gasteiger partial charge in [-0.15, -0.1) is 0 Å². The summed E-state index contributed by atoms with van der Waals surface area (Å²) in [6, 6.07) is 6.99. The molecule has 0 heterocycles. The topological polar surface area (TPSA) is 64.6 Å². The van der Waals surface area contributed by atoms with Crippen LogP contribution in [0.1, 0.15) is 26.2 Å². The maximum absolute atomic E-state index is 12.0. The van der Waals surface area contributed by atoms with Crippen molar-refractivity contribution in [3.63, 3.8) is 0 Å². The Bertz CT molecular complexity index is 553. The molecule has 22 heavy (non-hydrogen) atoms. The van der Waals surface area contributed by atoms with Gasteiger partial charge in [0, 0.05) is 18.2 Å². The van der Waals surface area contributed by atoms with Crippen molar-refractivity contribution in [3.8, 4) is 5.75 Å². The SMILES string of the molecule is CCOC(=O)COc1cccc(NC(=O)CC2C=CCC2)c1. The molecule has 1 aliphatic rings. The minimum atomic E-state index is -0.412. The zero-order valence-electron chi connectivity index (χ0n) is 12.7. The van der Waals surface area contributed by atoms with Crippen LogP contribution in [-0.4, -0.2) is 25.1 Å². The number of nitrogens with one attached hydrogen (secondary N) is 1. The van der Waals surface area contributed by atoms with Crippen molar-refractivity contribution in [1.82, 2.24) is 0 Å². The Balaban J connectivity index is 1.83. The molecule has 0 saturated heterocycles. The molecular weight excluding hydrogens is 282 g/mol. The molecule has 0 spiro atoms. The Hall–Kier alpha value is -2.30. The molecule has 5 heteroatoms. The number of rotatable bonds is 7. The average Bonchev–Trinajstić information content (AvgIpc) is 2.98. The molecular formula is C17H21NO4. The van der Waals surface area contributed by atoms with Crippen LogP contribution < -0.4 is 10.1 Å². The number of hydrogen-bond acceptors (Lipinski definition) is 4. The third-order valence-electron chi connectivity index (χ3n) is 3.34. The molecule has 0 bridgehead atoms. The van der Waals surface area contributed by atoms with Gasteiger partial charge in [0.2, 0.25) is 5.91 Å². The monoisotopic (exact) mass is 303 g/mol. The van der Waals surface area contributed by atoms with Gasteiger partial charge in [-0.25, -0.2) is 4.79 Å². The molecule has 2 rings (SSSR count). The molecule has 1 N–H and O–H groups in total. The van der Waals surface area contributed by atoms with E-state index in [4.69, 9.17) is 9.47 Å². The van der Waals surface area contributed by atoms with Gasteiger partial charge >= 0.3 is 5.97 Å². The summed E-state index contributed by atoms with van der Waals surface area (Å²) in [7, 11) is 0. The van der Waals surface area contributed by atoms with E-state index in [0.29, 0.717) is 30.4 Å². The van der Waals surface area contributed by atoms with Gasteiger partial charge in [-0.1, -0.05) is 18.2 Å². The number of anilines is 1. The van der Waals surface area contributed by atoms with Gasteiger partial charge in [0.15, 0.2) is 6.61 Å². The predicted molar refractivity (Wildman–Crippen MR) is 83.7 cm³/mol. The number of esters is 1. The highest BCUT2D eigenvalue weighted by atomic mass is 16.6. The number of benzene rings is 1. The summed E-state index contributed by atoms with van der Waals surface area (Å²) in [4.78, 5) is 23.2. The summed E-state index contributed by atoms with van der Waals surface area (Å²) in [5.41, 5.74) is 0.660. The minimum absolute atomic E-state index is 0.0147. The Morgan fingerprint density at radius 2 is 2.23 bits per heavy atom. The maximum Gasteiger partial charge on any atom is 0.344 e. The van der Waals surface area contributed by atoms with E-state index in [1.54, 1.807) is 31.2 Å². The standard InChI is InChI=1S/C17H21NO4/c1-2-21-17(20)12-22-15-9-5-8-14(11-15)18-16(19)10-13-6-3-4-7-13/h3,5-6,8-9,11,13H,2,4,7,10,12H2,1H3,(H,18,19). The largest absolute Gasteiger partial charge is 0.482 e. The zero-order chi connectivity index (χ0) is 15.8. The molecule has 1 aliphatic carbocycles. The first-order chi connectivity index (χ1) is 10.7.